The van der Waals surface area contributed by atoms with Crippen LogP contribution in [-0.4, -0.2) is 21.7 Å². The third kappa shape index (κ3) is 4.05. The van der Waals surface area contributed by atoms with Gasteiger partial charge in [-0.05, 0) is 49.1 Å². The fourth-order valence-corrected chi connectivity index (χ4v) is 2.97. The summed E-state index contributed by atoms with van der Waals surface area (Å²) in [5.41, 5.74) is 1.84. The van der Waals surface area contributed by atoms with E-state index in [1.807, 2.05) is 49.5 Å². The van der Waals surface area contributed by atoms with Crippen molar-refractivity contribution >= 4 is 35.4 Å². The van der Waals surface area contributed by atoms with Crippen molar-refractivity contribution in [1.82, 2.24) is 14.7 Å². The van der Waals surface area contributed by atoms with Gasteiger partial charge >= 0.3 is 0 Å². The van der Waals surface area contributed by atoms with Gasteiger partial charge in [0.25, 0.3) is 4.84 Å². The fraction of sp³-hybridized carbons (Fsp3) is 0.176. The molecule has 0 aliphatic carbocycles. The molecule has 0 spiro atoms. The molecular formula is C17H15Cl2N3OS. The molecule has 24 heavy (non-hydrogen) atoms. The average Bonchev–Trinajstić information content (AvgIpc) is 2.88. The molecule has 0 saturated carbocycles. The van der Waals surface area contributed by atoms with E-state index in [0.717, 1.165) is 22.7 Å². The van der Waals surface area contributed by atoms with Crippen LogP contribution in [0.2, 0.25) is 10.0 Å². The molecule has 0 aliphatic rings. The van der Waals surface area contributed by atoms with Gasteiger partial charge < -0.3 is 4.42 Å². The number of hydrogen-bond donors (Lipinski definition) is 0. The number of benzene rings is 2. The highest BCUT2D eigenvalue weighted by Crippen LogP contribution is 2.26. The second kappa shape index (κ2) is 7.49. The van der Waals surface area contributed by atoms with Crippen LogP contribution < -0.4 is 0 Å². The molecule has 0 unspecified atom stereocenters. The molecule has 4 nitrogen and oxygen atoms in total. The zero-order valence-corrected chi connectivity index (χ0v) is 15.3. The van der Waals surface area contributed by atoms with Crippen LogP contribution in [0.25, 0.3) is 11.5 Å². The smallest absolute Gasteiger partial charge is 0.288 e. The molecule has 0 saturated heterocycles. The second-order valence-electron chi connectivity index (χ2n) is 5.44. The summed E-state index contributed by atoms with van der Waals surface area (Å²) in [6.07, 6.45) is 0. The molecule has 124 valence electrons. The second-order valence-corrected chi connectivity index (χ2v) is 6.63. The van der Waals surface area contributed by atoms with Gasteiger partial charge in [-0.2, -0.15) is 0 Å². The van der Waals surface area contributed by atoms with E-state index in [1.165, 1.54) is 0 Å². The molecule has 3 aromatic rings. The van der Waals surface area contributed by atoms with Gasteiger partial charge in [0.2, 0.25) is 5.89 Å². The molecule has 2 aromatic carbocycles. The van der Waals surface area contributed by atoms with Gasteiger partial charge in [-0.1, -0.05) is 47.5 Å². The lowest BCUT2D eigenvalue weighted by molar-refractivity contribution is 0.241. The van der Waals surface area contributed by atoms with Crippen LogP contribution in [0.4, 0.5) is 0 Å². The number of hydrogen-bond acceptors (Lipinski definition) is 4. The molecular weight excluding hydrogens is 365 g/mol. The Hall–Kier alpha value is -1.66. The molecule has 7 heteroatoms. The third-order valence-electron chi connectivity index (χ3n) is 3.43. The normalized spacial score (nSPS) is 11.2. The summed E-state index contributed by atoms with van der Waals surface area (Å²) in [5.74, 6) is 0.418. The topological polar surface area (TPSA) is 34.2 Å². The summed E-state index contributed by atoms with van der Waals surface area (Å²) in [6.45, 7) is 1.22. The summed E-state index contributed by atoms with van der Waals surface area (Å²) in [5, 5.41) is 5.73. The lowest BCUT2D eigenvalue weighted by atomic mass is 10.2. The molecule has 3 rings (SSSR count). The standard InChI is InChI=1S/C17H15Cl2N3OS/c1-21(10-12-5-4-6-13(18)9-12)11-22-17(24)23-16(20-22)14-7-2-3-8-15(14)19/h2-9H,10-11H2,1H3. The van der Waals surface area contributed by atoms with Gasteiger partial charge in [0.15, 0.2) is 0 Å². The van der Waals surface area contributed by atoms with Crippen molar-refractivity contribution in [3.63, 3.8) is 0 Å². The van der Waals surface area contributed by atoms with Crippen molar-refractivity contribution < 1.29 is 4.42 Å². The first-order valence-corrected chi connectivity index (χ1v) is 8.45. The number of halogens is 2. The highest BCUT2D eigenvalue weighted by Gasteiger charge is 2.12. The van der Waals surface area contributed by atoms with E-state index in [-0.39, 0.29) is 0 Å². The minimum absolute atomic E-state index is 0.308. The number of aromatic nitrogens is 2. The van der Waals surface area contributed by atoms with Gasteiger partial charge in [-0.25, -0.2) is 4.68 Å². The van der Waals surface area contributed by atoms with Crippen LogP contribution in [0, 0.1) is 4.84 Å². The summed E-state index contributed by atoms with van der Waals surface area (Å²) >= 11 is 17.5. The Kier molecular flexibility index (Phi) is 5.36. The molecule has 1 heterocycles. The minimum Gasteiger partial charge on any atom is -0.409 e. The summed E-state index contributed by atoms with van der Waals surface area (Å²) in [7, 11) is 1.98. The monoisotopic (exact) mass is 379 g/mol. The fourth-order valence-electron chi connectivity index (χ4n) is 2.36. The van der Waals surface area contributed by atoms with Crippen molar-refractivity contribution in [2.24, 2.45) is 0 Å². The van der Waals surface area contributed by atoms with Crippen LogP contribution >= 0.6 is 35.4 Å². The maximum Gasteiger partial charge on any atom is 0.288 e. The molecule has 1 aromatic heterocycles. The van der Waals surface area contributed by atoms with Gasteiger partial charge in [0.05, 0.1) is 17.3 Å². The molecule has 0 radical (unpaired) electrons. The van der Waals surface area contributed by atoms with E-state index in [1.54, 1.807) is 10.7 Å². The van der Waals surface area contributed by atoms with E-state index in [4.69, 9.17) is 39.8 Å². The maximum atomic E-state index is 6.18. The zero-order chi connectivity index (χ0) is 17.1. The van der Waals surface area contributed by atoms with Crippen molar-refractivity contribution in [2.75, 3.05) is 7.05 Å². The molecule has 0 N–H and O–H groups in total. The summed E-state index contributed by atoms with van der Waals surface area (Å²) in [6, 6.07) is 15.1. The Labute approximate surface area is 155 Å². The summed E-state index contributed by atoms with van der Waals surface area (Å²) in [4.78, 5) is 2.38. The largest absolute Gasteiger partial charge is 0.409 e. The molecule has 0 fully saturated rings. The Balaban J connectivity index is 1.76. The van der Waals surface area contributed by atoms with Crippen LogP contribution in [-0.2, 0) is 13.2 Å². The molecule has 0 aliphatic heterocycles. The first kappa shape index (κ1) is 17.2. The highest BCUT2D eigenvalue weighted by atomic mass is 35.5. The first-order valence-electron chi connectivity index (χ1n) is 7.29. The molecule has 0 atom stereocenters. The van der Waals surface area contributed by atoms with Gasteiger partial charge in [0.1, 0.15) is 0 Å². The Morgan fingerprint density at radius 3 is 2.71 bits per heavy atom. The van der Waals surface area contributed by atoms with Crippen LogP contribution in [0.15, 0.2) is 52.9 Å². The van der Waals surface area contributed by atoms with Gasteiger partial charge in [-0.3, -0.25) is 4.90 Å². The summed E-state index contributed by atoms with van der Waals surface area (Å²) < 4.78 is 7.22. The first-order chi connectivity index (χ1) is 11.5. The number of nitrogens with zero attached hydrogens (tertiary/aromatic N) is 3. The van der Waals surface area contributed by atoms with Gasteiger partial charge in [0, 0.05) is 11.6 Å². The minimum atomic E-state index is 0.308. The predicted octanol–water partition coefficient (Wildman–Crippen LogP) is 5.27. The lowest BCUT2D eigenvalue weighted by Crippen LogP contribution is -2.22. The van der Waals surface area contributed by atoms with Crippen LogP contribution in [0.3, 0.4) is 0 Å². The molecule has 0 bridgehead atoms. The SMILES string of the molecule is CN(Cc1cccc(Cl)c1)Cn1nc(-c2ccccc2Cl)oc1=S. The van der Waals surface area contributed by atoms with E-state index < -0.39 is 0 Å². The Bertz CT molecular complexity index is 907. The van der Waals surface area contributed by atoms with Crippen LogP contribution in [0.5, 0.6) is 0 Å². The zero-order valence-electron chi connectivity index (χ0n) is 12.9. The quantitative estimate of drug-likeness (QED) is 0.565. The average molecular weight is 380 g/mol. The Morgan fingerprint density at radius 1 is 1.17 bits per heavy atom. The van der Waals surface area contributed by atoms with Crippen molar-refractivity contribution in [2.45, 2.75) is 13.2 Å². The highest BCUT2D eigenvalue weighted by molar-refractivity contribution is 7.71. The lowest BCUT2D eigenvalue weighted by Gasteiger charge is -2.16. The van der Waals surface area contributed by atoms with Crippen molar-refractivity contribution in [3.8, 4) is 11.5 Å². The molecule has 0 amide bonds. The van der Waals surface area contributed by atoms with Gasteiger partial charge in [-0.15, -0.1) is 5.10 Å². The number of rotatable bonds is 5. The maximum absolute atomic E-state index is 6.18. The Morgan fingerprint density at radius 2 is 1.96 bits per heavy atom. The van der Waals surface area contributed by atoms with E-state index in [2.05, 4.69) is 10.00 Å². The van der Waals surface area contributed by atoms with E-state index in [0.29, 0.717) is 22.4 Å². The third-order valence-corrected chi connectivity index (χ3v) is 4.29. The van der Waals surface area contributed by atoms with Crippen molar-refractivity contribution in [3.05, 3.63) is 69.0 Å². The van der Waals surface area contributed by atoms with E-state index >= 15 is 0 Å². The van der Waals surface area contributed by atoms with Crippen LogP contribution in [0.1, 0.15) is 5.56 Å². The van der Waals surface area contributed by atoms with Crippen molar-refractivity contribution in [1.29, 1.82) is 0 Å². The van der Waals surface area contributed by atoms with E-state index in [9.17, 15) is 0 Å². The predicted molar refractivity (Wildman–Crippen MR) is 98.7 cm³/mol.